The molecule has 0 saturated heterocycles. The average molecular weight is 278 g/mol. The maximum atomic E-state index is 13.5. The van der Waals surface area contributed by atoms with Gasteiger partial charge in [-0.1, -0.05) is 48.5 Å². The average Bonchev–Trinajstić information content (AvgIpc) is 3.17. The summed E-state index contributed by atoms with van der Waals surface area (Å²) < 4.78 is 53.3. The predicted octanol–water partition coefficient (Wildman–Crippen LogP) is 4.72. The Morgan fingerprint density at radius 3 is 1.95 bits per heavy atom. The van der Waals surface area contributed by atoms with E-state index >= 15 is 0 Å². The maximum absolute atomic E-state index is 13.5. The Labute approximate surface area is 113 Å². The molecule has 0 saturated carbocycles. The second-order valence-corrected chi connectivity index (χ2v) is 4.74. The van der Waals surface area contributed by atoms with E-state index in [9.17, 15) is 17.6 Å². The van der Waals surface area contributed by atoms with E-state index in [1.807, 2.05) is 0 Å². The SMILES string of the molecule is Fc1ccc(C2=CC2(c2ccccc2)C(F)(F)F)cc1. The molecule has 0 aromatic heterocycles. The first kappa shape index (κ1) is 12.9. The molecule has 0 heterocycles. The van der Waals surface area contributed by atoms with Crippen molar-refractivity contribution in [2.24, 2.45) is 0 Å². The van der Waals surface area contributed by atoms with Crippen LogP contribution < -0.4 is 0 Å². The topological polar surface area (TPSA) is 0 Å². The van der Waals surface area contributed by atoms with E-state index in [-0.39, 0.29) is 11.1 Å². The summed E-state index contributed by atoms with van der Waals surface area (Å²) in [7, 11) is 0. The third-order valence-corrected chi connectivity index (χ3v) is 3.53. The molecule has 0 fully saturated rings. The predicted molar refractivity (Wildman–Crippen MR) is 68.6 cm³/mol. The van der Waals surface area contributed by atoms with Crippen molar-refractivity contribution in [2.75, 3.05) is 0 Å². The van der Waals surface area contributed by atoms with Gasteiger partial charge in [0.2, 0.25) is 0 Å². The van der Waals surface area contributed by atoms with Crippen LogP contribution in [0.3, 0.4) is 0 Å². The summed E-state index contributed by atoms with van der Waals surface area (Å²) in [6.07, 6.45) is -3.21. The first-order valence-corrected chi connectivity index (χ1v) is 6.07. The molecule has 0 N–H and O–H groups in total. The van der Waals surface area contributed by atoms with E-state index < -0.39 is 17.4 Å². The molecule has 0 nitrogen and oxygen atoms in total. The standard InChI is InChI=1S/C16H10F4/c17-13-8-6-11(7-9-13)14-10-15(14,16(18,19)20)12-4-2-1-3-5-12/h1-10H. The van der Waals surface area contributed by atoms with Crippen LogP contribution in [0.4, 0.5) is 17.6 Å². The quantitative estimate of drug-likeness (QED) is 0.697. The molecule has 3 rings (SSSR count). The Kier molecular flexibility index (Phi) is 2.71. The van der Waals surface area contributed by atoms with Gasteiger partial charge in [0.1, 0.15) is 11.2 Å². The lowest BCUT2D eigenvalue weighted by Crippen LogP contribution is -2.31. The summed E-state index contributed by atoms with van der Waals surface area (Å²) in [5, 5.41) is 0. The van der Waals surface area contributed by atoms with Crippen LogP contribution in [0.5, 0.6) is 0 Å². The van der Waals surface area contributed by atoms with Crippen molar-refractivity contribution in [3.05, 3.63) is 77.6 Å². The molecule has 1 aliphatic carbocycles. The monoisotopic (exact) mass is 278 g/mol. The third kappa shape index (κ3) is 1.83. The number of benzene rings is 2. The lowest BCUT2D eigenvalue weighted by Gasteiger charge is -2.23. The van der Waals surface area contributed by atoms with Crippen LogP contribution in [-0.2, 0) is 5.41 Å². The molecule has 2 aromatic rings. The minimum atomic E-state index is -4.40. The minimum Gasteiger partial charge on any atom is -0.207 e. The van der Waals surface area contributed by atoms with E-state index in [0.717, 1.165) is 0 Å². The lowest BCUT2D eigenvalue weighted by atomic mass is 9.87. The van der Waals surface area contributed by atoms with Gasteiger partial charge in [0.25, 0.3) is 0 Å². The number of rotatable bonds is 2. The van der Waals surface area contributed by atoms with Crippen LogP contribution in [0.2, 0.25) is 0 Å². The number of alkyl halides is 3. The van der Waals surface area contributed by atoms with Crippen molar-refractivity contribution in [2.45, 2.75) is 11.6 Å². The van der Waals surface area contributed by atoms with Crippen molar-refractivity contribution in [3.8, 4) is 0 Å². The van der Waals surface area contributed by atoms with Gasteiger partial charge in [-0.2, -0.15) is 13.2 Å². The molecule has 20 heavy (non-hydrogen) atoms. The Balaban J connectivity index is 2.04. The second kappa shape index (κ2) is 4.20. The van der Waals surface area contributed by atoms with E-state index in [4.69, 9.17) is 0 Å². The van der Waals surface area contributed by atoms with E-state index in [1.54, 1.807) is 18.2 Å². The Morgan fingerprint density at radius 1 is 0.800 bits per heavy atom. The number of hydrogen-bond acceptors (Lipinski definition) is 0. The fourth-order valence-electron chi connectivity index (χ4n) is 2.46. The normalized spacial score (nSPS) is 21.5. The summed E-state index contributed by atoms with van der Waals surface area (Å²) in [4.78, 5) is 0. The van der Waals surface area contributed by atoms with Crippen LogP contribution >= 0.6 is 0 Å². The van der Waals surface area contributed by atoms with Crippen LogP contribution in [0.1, 0.15) is 11.1 Å². The van der Waals surface area contributed by atoms with Gasteiger partial charge >= 0.3 is 6.18 Å². The molecular weight excluding hydrogens is 268 g/mol. The number of hydrogen-bond donors (Lipinski definition) is 0. The van der Waals surface area contributed by atoms with Gasteiger partial charge in [-0.3, -0.25) is 0 Å². The molecule has 0 radical (unpaired) electrons. The van der Waals surface area contributed by atoms with Gasteiger partial charge in [-0.05, 0) is 28.8 Å². The van der Waals surface area contributed by atoms with E-state index in [0.29, 0.717) is 5.56 Å². The zero-order valence-electron chi connectivity index (χ0n) is 10.3. The zero-order valence-corrected chi connectivity index (χ0v) is 10.3. The smallest absolute Gasteiger partial charge is 0.207 e. The highest BCUT2D eigenvalue weighted by molar-refractivity contribution is 5.92. The molecule has 1 unspecified atom stereocenters. The van der Waals surface area contributed by atoms with Crippen molar-refractivity contribution < 1.29 is 17.6 Å². The van der Waals surface area contributed by atoms with Gasteiger partial charge < -0.3 is 0 Å². The summed E-state index contributed by atoms with van der Waals surface area (Å²) in [6.45, 7) is 0. The largest absolute Gasteiger partial charge is 0.405 e. The molecule has 0 amide bonds. The van der Waals surface area contributed by atoms with Crippen LogP contribution in [0.15, 0.2) is 60.7 Å². The summed E-state index contributed by atoms with van der Waals surface area (Å²) in [5.41, 5.74) is -1.28. The molecule has 0 aliphatic heterocycles. The maximum Gasteiger partial charge on any atom is 0.405 e. The first-order chi connectivity index (χ1) is 9.45. The summed E-state index contributed by atoms with van der Waals surface area (Å²) >= 11 is 0. The second-order valence-electron chi connectivity index (χ2n) is 4.74. The molecular formula is C16H10F4. The minimum absolute atomic E-state index is 0.177. The summed E-state index contributed by atoms with van der Waals surface area (Å²) in [6, 6.07) is 12.8. The van der Waals surface area contributed by atoms with Crippen LogP contribution in [0.25, 0.3) is 5.57 Å². The number of halogens is 4. The molecule has 4 heteroatoms. The van der Waals surface area contributed by atoms with Crippen molar-refractivity contribution >= 4 is 5.57 Å². The van der Waals surface area contributed by atoms with Gasteiger partial charge in [0, 0.05) is 0 Å². The first-order valence-electron chi connectivity index (χ1n) is 6.07. The fraction of sp³-hybridized carbons (Fsp3) is 0.125. The van der Waals surface area contributed by atoms with Gasteiger partial charge in [0.05, 0.1) is 0 Å². The lowest BCUT2D eigenvalue weighted by molar-refractivity contribution is -0.151. The fourth-order valence-corrected chi connectivity index (χ4v) is 2.46. The van der Waals surface area contributed by atoms with Crippen molar-refractivity contribution in [1.82, 2.24) is 0 Å². The van der Waals surface area contributed by atoms with Crippen molar-refractivity contribution in [1.29, 1.82) is 0 Å². The molecule has 0 bridgehead atoms. The van der Waals surface area contributed by atoms with Gasteiger partial charge in [-0.25, -0.2) is 4.39 Å². The molecule has 2 aromatic carbocycles. The van der Waals surface area contributed by atoms with E-state index in [2.05, 4.69) is 0 Å². The highest BCUT2D eigenvalue weighted by Gasteiger charge is 2.64. The summed E-state index contributed by atoms with van der Waals surface area (Å²) in [5.74, 6) is -0.465. The van der Waals surface area contributed by atoms with Gasteiger partial charge in [0.15, 0.2) is 0 Å². The Morgan fingerprint density at radius 2 is 1.40 bits per heavy atom. The Bertz CT molecular complexity index is 653. The highest BCUT2D eigenvalue weighted by Crippen LogP contribution is 2.61. The number of allylic oxidation sites excluding steroid dienone is 2. The zero-order chi connectivity index (χ0) is 14.4. The van der Waals surface area contributed by atoms with Crippen LogP contribution in [-0.4, -0.2) is 6.18 Å². The molecule has 1 atom stereocenters. The molecule has 102 valence electrons. The van der Waals surface area contributed by atoms with Crippen LogP contribution in [0, 0.1) is 5.82 Å². The van der Waals surface area contributed by atoms with Gasteiger partial charge in [-0.15, -0.1) is 0 Å². The molecule has 1 aliphatic rings. The van der Waals surface area contributed by atoms with E-state index in [1.165, 1.54) is 42.5 Å². The third-order valence-electron chi connectivity index (χ3n) is 3.53. The highest BCUT2D eigenvalue weighted by atomic mass is 19.4. The van der Waals surface area contributed by atoms with Crippen molar-refractivity contribution in [3.63, 3.8) is 0 Å². The molecule has 0 spiro atoms. The Hall–Kier alpha value is -2.10.